The molecule has 2 rings (SSSR count). The molecule has 2 heterocycles. The van der Waals surface area contributed by atoms with Crippen LogP contribution >= 0.6 is 0 Å². The lowest BCUT2D eigenvalue weighted by Crippen LogP contribution is -2.39. The maximum Gasteiger partial charge on any atom is 0.490 e. The number of aliphatic carboxylic acids is 1. The molecule has 0 spiro atoms. The van der Waals surface area contributed by atoms with Crippen LogP contribution in [0, 0.1) is 0 Å². The molecule has 27 heavy (non-hydrogen) atoms. The van der Waals surface area contributed by atoms with Crippen LogP contribution in [-0.4, -0.2) is 83.3 Å². The van der Waals surface area contributed by atoms with Gasteiger partial charge in [0.15, 0.2) is 0 Å². The van der Waals surface area contributed by atoms with Crippen LogP contribution < -0.4 is 4.74 Å². The molecular weight excluding hydrogens is 369 g/mol. The van der Waals surface area contributed by atoms with Gasteiger partial charge >= 0.3 is 12.1 Å². The molecule has 1 amide bonds. The van der Waals surface area contributed by atoms with Crippen molar-refractivity contribution in [3.63, 3.8) is 0 Å². The quantitative estimate of drug-likeness (QED) is 0.817. The minimum atomic E-state index is -5.08. The van der Waals surface area contributed by atoms with E-state index in [9.17, 15) is 18.0 Å². The summed E-state index contributed by atoms with van der Waals surface area (Å²) in [6, 6.07) is 0. The van der Waals surface area contributed by atoms with E-state index in [1.54, 1.807) is 6.33 Å². The predicted octanol–water partition coefficient (Wildman–Crippen LogP) is 0.997. The highest BCUT2D eigenvalue weighted by atomic mass is 19.4. The van der Waals surface area contributed by atoms with Crippen molar-refractivity contribution in [2.24, 2.45) is 0 Å². The van der Waals surface area contributed by atoms with Crippen LogP contribution in [0.15, 0.2) is 6.33 Å². The Labute approximate surface area is 154 Å². The van der Waals surface area contributed by atoms with Crippen LogP contribution in [0.1, 0.15) is 18.2 Å². The molecule has 0 aromatic carbocycles. The van der Waals surface area contributed by atoms with Crippen LogP contribution in [0.4, 0.5) is 13.2 Å². The first-order valence-corrected chi connectivity index (χ1v) is 8.24. The number of halogens is 3. The number of rotatable bonds is 4. The van der Waals surface area contributed by atoms with E-state index in [2.05, 4.69) is 9.97 Å². The zero-order valence-corrected chi connectivity index (χ0v) is 15.4. The Hall–Kier alpha value is -2.43. The number of ether oxygens (including phenoxy) is 1. The highest BCUT2D eigenvalue weighted by Gasteiger charge is 2.38. The average Bonchev–Trinajstić information content (AvgIpc) is 2.77. The van der Waals surface area contributed by atoms with E-state index in [1.807, 2.05) is 30.8 Å². The van der Waals surface area contributed by atoms with E-state index < -0.39 is 12.1 Å². The lowest BCUT2D eigenvalue weighted by atomic mass is 10.1. The van der Waals surface area contributed by atoms with E-state index in [0.29, 0.717) is 32.1 Å². The number of likely N-dealkylation sites (N-methyl/N-ethyl adjacent to an activating group) is 1. The minimum absolute atomic E-state index is 0.161. The highest BCUT2D eigenvalue weighted by Crippen LogP contribution is 2.22. The first-order valence-electron chi connectivity index (χ1n) is 8.24. The molecule has 0 unspecified atom stereocenters. The van der Waals surface area contributed by atoms with Crippen molar-refractivity contribution in [1.82, 2.24) is 19.8 Å². The van der Waals surface area contributed by atoms with Gasteiger partial charge in [0.2, 0.25) is 11.8 Å². The molecule has 1 aromatic heterocycles. The van der Waals surface area contributed by atoms with Crippen molar-refractivity contribution in [3.05, 3.63) is 17.6 Å². The normalized spacial score (nSPS) is 14.0. The number of amides is 1. The lowest BCUT2D eigenvalue weighted by Gasteiger charge is -2.22. The van der Waals surface area contributed by atoms with Gasteiger partial charge in [0.1, 0.15) is 6.33 Å². The van der Waals surface area contributed by atoms with E-state index in [-0.39, 0.29) is 5.91 Å². The Bertz CT molecular complexity index is 653. The van der Waals surface area contributed by atoms with Gasteiger partial charge < -0.3 is 19.6 Å². The van der Waals surface area contributed by atoms with Crippen LogP contribution in [0.3, 0.4) is 0 Å². The van der Waals surface area contributed by atoms with Gasteiger partial charge in [0.25, 0.3) is 0 Å². The summed E-state index contributed by atoms with van der Waals surface area (Å²) < 4.78 is 37.3. The molecular formula is C16H23F3N4O4. The molecule has 0 saturated carbocycles. The van der Waals surface area contributed by atoms with Crippen molar-refractivity contribution < 1.29 is 32.6 Å². The smallest absolute Gasteiger partial charge is 0.478 e. The summed E-state index contributed by atoms with van der Waals surface area (Å²) in [6.07, 6.45) is -2.02. The number of alkyl halides is 3. The zero-order chi connectivity index (χ0) is 20.6. The molecule has 0 saturated heterocycles. The maximum atomic E-state index is 12.1. The molecule has 0 aliphatic carbocycles. The summed E-state index contributed by atoms with van der Waals surface area (Å²) in [4.78, 5) is 33.4. The second kappa shape index (κ2) is 10.0. The van der Waals surface area contributed by atoms with Gasteiger partial charge in [-0.25, -0.2) is 14.8 Å². The van der Waals surface area contributed by atoms with Crippen molar-refractivity contribution in [1.29, 1.82) is 0 Å². The molecule has 1 aromatic rings. The van der Waals surface area contributed by atoms with Gasteiger partial charge in [-0.3, -0.25) is 4.79 Å². The third-order valence-electron chi connectivity index (χ3n) is 3.57. The van der Waals surface area contributed by atoms with Gasteiger partial charge in [-0.15, -0.1) is 0 Å². The highest BCUT2D eigenvalue weighted by molar-refractivity contribution is 5.78. The Morgan fingerprint density at radius 3 is 2.37 bits per heavy atom. The number of fused-ring (bicyclic) bond motifs is 1. The van der Waals surface area contributed by atoms with Crippen molar-refractivity contribution >= 4 is 11.9 Å². The third-order valence-corrected chi connectivity index (χ3v) is 3.57. The first-order chi connectivity index (χ1) is 12.6. The second-order valence-corrected chi connectivity index (χ2v) is 5.96. The molecule has 1 aliphatic rings. The monoisotopic (exact) mass is 392 g/mol. The number of hydrogen-bond donors (Lipinski definition) is 1. The van der Waals surface area contributed by atoms with Crippen molar-refractivity contribution in [2.45, 2.75) is 25.9 Å². The van der Waals surface area contributed by atoms with Crippen molar-refractivity contribution in [2.75, 3.05) is 40.3 Å². The standard InChI is InChI=1S/C14H22N4O2.C2HF3O2/c1-4-20-14-11-5-7-18(13(19)9-17(2)3)8-6-12(11)15-10-16-14;3-2(4,5)1(6)7/h10H,4-9H2,1-3H3;(H,6,7). The second-order valence-electron chi connectivity index (χ2n) is 5.96. The Morgan fingerprint density at radius 2 is 1.85 bits per heavy atom. The predicted molar refractivity (Wildman–Crippen MR) is 89.4 cm³/mol. The Kier molecular flexibility index (Phi) is 8.41. The summed E-state index contributed by atoms with van der Waals surface area (Å²) in [6.45, 7) is 4.39. The summed E-state index contributed by atoms with van der Waals surface area (Å²) >= 11 is 0. The fraction of sp³-hybridized carbons (Fsp3) is 0.625. The average molecular weight is 392 g/mol. The number of aromatic nitrogens is 2. The molecule has 0 radical (unpaired) electrons. The third kappa shape index (κ3) is 7.37. The molecule has 1 N–H and O–H groups in total. The Morgan fingerprint density at radius 1 is 1.26 bits per heavy atom. The number of carbonyl (C=O) groups excluding carboxylic acids is 1. The summed E-state index contributed by atoms with van der Waals surface area (Å²) in [7, 11) is 3.81. The summed E-state index contributed by atoms with van der Waals surface area (Å²) in [5.41, 5.74) is 2.05. The Balaban J connectivity index is 0.000000445. The van der Waals surface area contributed by atoms with Crippen LogP contribution in [-0.2, 0) is 22.4 Å². The lowest BCUT2D eigenvalue weighted by molar-refractivity contribution is -0.192. The fourth-order valence-corrected chi connectivity index (χ4v) is 2.38. The largest absolute Gasteiger partial charge is 0.490 e. The molecule has 0 atom stereocenters. The van der Waals surface area contributed by atoms with E-state index in [4.69, 9.17) is 14.6 Å². The topological polar surface area (TPSA) is 95.9 Å². The van der Waals surface area contributed by atoms with Crippen molar-refractivity contribution in [3.8, 4) is 5.88 Å². The number of carbonyl (C=O) groups is 2. The molecule has 0 bridgehead atoms. The number of carboxylic acid groups (broad SMARTS) is 1. The van der Waals surface area contributed by atoms with Crippen LogP contribution in [0.5, 0.6) is 5.88 Å². The van der Waals surface area contributed by atoms with Gasteiger partial charge in [-0.1, -0.05) is 0 Å². The van der Waals surface area contributed by atoms with E-state index in [1.165, 1.54) is 0 Å². The SMILES string of the molecule is CCOc1ncnc2c1CCN(C(=O)CN(C)C)CC2.O=C(O)C(F)(F)F. The van der Waals surface area contributed by atoms with Gasteiger partial charge in [-0.05, 0) is 27.4 Å². The molecule has 8 nitrogen and oxygen atoms in total. The van der Waals surface area contributed by atoms with E-state index in [0.717, 1.165) is 24.1 Å². The first kappa shape index (κ1) is 22.6. The zero-order valence-electron chi connectivity index (χ0n) is 15.4. The van der Waals surface area contributed by atoms with Crippen LogP contribution in [0.2, 0.25) is 0 Å². The van der Waals surface area contributed by atoms with Gasteiger partial charge in [0, 0.05) is 25.1 Å². The van der Waals surface area contributed by atoms with Gasteiger partial charge in [-0.2, -0.15) is 13.2 Å². The summed E-state index contributed by atoms with van der Waals surface area (Å²) in [5, 5.41) is 7.12. The van der Waals surface area contributed by atoms with Gasteiger partial charge in [0.05, 0.1) is 18.8 Å². The molecule has 0 fully saturated rings. The molecule has 11 heteroatoms. The van der Waals surface area contributed by atoms with Crippen LogP contribution in [0.25, 0.3) is 0 Å². The maximum absolute atomic E-state index is 12.1. The number of carboxylic acids is 1. The molecule has 1 aliphatic heterocycles. The minimum Gasteiger partial charge on any atom is -0.478 e. The number of hydrogen-bond acceptors (Lipinski definition) is 6. The molecule has 152 valence electrons. The summed E-state index contributed by atoms with van der Waals surface area (Å²) in [5.74, 6) is -1.93. The fourth-order valence-electron chi connectivity index (χ4n) is 2.38. The van der Waals surface area contributed by atoms with E-state index >= 15 is 0 Å². The number of nitrogens with zero attached hydrogens (tertiary/aromatic N) is 4.